The average Bonchev–Trinajstić information content (AvgIpc) is 3.27. The number of halogens is 1. The van der Waals surface area contributed by atoms with E-state index in [4.69, 9.17) is 25.8 Å². The molecular weight excluding hydrogens is 580 g/mol. The summed E-state index contributed by atoms with van der Waals surface area (Å²) in [6.07, 6.45) is -0.467. The van der Waals surface area contributed by atoms with Crippen LogP contribution >= 0.6 is 11.6 Å². The van der Waals surface area contributed by atoms with Crippen LogP contribution in [0.4, 0.5) is 5.69 Å². The van der Waals surface area contributed by atoms with Gasteiger partial charge in [0.15, 0.2) is 9.84 Å². The minimum absolute atomic E-state index is 0.0184. The topological polar surface area (TPSA) is 137 Å². The van der Waals surface area contributed by atoms with E-state index >= 15 is 0 Å². The van der Waals surface area contributed by atoms with Crippen molar-refractivity contribution in [1.29, 1.82) is 0 Å². The van der Waals surface area contributed by atoms with Gasteiger partial charge in [0, 0.05) is 28.9 Å². The smallest absolute Gasteiger partial charge is 0.244 e. The van der Waals surface area contributed by atoms with Gasteiger partial charge in [0.05, 0.1) is 32.1 Å². The number of amides is 1. The Kier molecular flexibility index (Phi) is 9.24. The molecule has 1 heterocycles. The zero-order chi connectivity index (χ0) is 28.9. The van der Waals surface area contributed by atoms with Crippen LogP contribution in [0.3, 0.4) is 0 Å². The van der Waals surface area contributed by atoms with Gasteiger partial charge in [0.2, 0.25) is 15.9 Å². The van der Waals surface area contributed by atoms with E-state index in [9.17, 15) is 21.6 Å². The summed E-state index contributed by atoms with van der Waals surface area (Å²) in [5, 5.41) is 3.13. The first-order valence-corrected chi connectivity index (χ1v) is 15.9. The second-order valence-corrected chi connectivity index (χ2v) is 13.5. The second-order valence-electron chi connectivity index (χ2n) is 9.12. The Hall–Kier alpha value is -3.32. The molecule has 0 aliphatic carbocycles. The van der Waals surface area contributed by atoms with Crippen LogP contribution in [0.2, 0.25) is 5.02 Å². The van der Waals surface area contributed by atoms with Gasteiger partial charge in [-0.15, -0.1) is 0 Å². The third kappa shape index (κ3) is 7.45. The minimum Gasteiger partial charge on any atom is -0.497 e. The summed E-state index contributed by atoms with van der Waals surface area (Å²) >= 11 is 6.16. The van der Waals surface area contributed by atoms with Gasteiger partial charge in [0.1, 0.15) is 28.2 Å². The predicted molar refractivity (Wildman–Crippen MR) is 151 cm³/mol. The molecule has 13 heteroatoms. The molecular formula is C27H29ClN2O8S2. The monoisotopic (exact) mass is 608 g/mol. The highest BCUT2D eigenvalue weighted by Gasteiger charge is 2.31. The lowest BCUT2D eigenvalue weighted by Gasteiger charge is -2.18. The van der Waals surface area contributed by atoms with E-state index in [0.717, 1.165) is 0 Å². The summed E-state index contributed by atoms with van der Waals surface area (Å²) in [5.41, 5.74) is 1.39. The first-order chi connectivity index (χ1) is 19.0. The van der Waals surface area contributed by atoms with Crippen LogP contribution in [-0.4, -0.2) is 54.6 Å². The van der Waals surface area contributed by atoms with E-state index in [2.05, 4.69) is 10.0 Å². The van der Waals surface area contributed by atoms with Crippen LogP contribution in [0.25, 0.3) is 0 Å². The zero-order valence-electron chi connectivity index (χ0n) is 21.8. The number of carbonyl (C=O) groups excluding carboxylic acids is 1. The highest BCUT2D eigenvalue weighted by atomic mass is 35.5. The standard InChI is InChI=1S/C27H29ClN2O8S2/c1-36-21-9-7-19(25(15-21)37-2)16-29-40(34,35)26-14-20(30-27(31)13-18-5-3-4-6-23(18)28)8-10-24(26)38-22-11-12-39(32,33)17-22/h3-10,14-15,22,29H,11-13,16-17H2,1-2H3,(H,30,31). The van der Waals surface area contributed by atoms with E-state index in [1.165, 1.54) is 32.4 Å². The fourth-order valence-electron chi connectivity index (χ4n) is 4.19. The molecule has 0 aromatic heterocycles. The molecule has 3 aromatic rings. The molecule has 1 atom stereocenters. The number of nitrogens with one attached hydrogen (secondary N) is 2. The Labute approximate surface area is 238 Å². The molecule has 10 nitrogen and oxygen atoms in total. The molecule has 3 aromatic carbocycles. The maximum absolute atomic E-state index is 13.5. The average molecular weight is 609 g/mol. The van der Waals surface area contributed by atoms with Crippen molar-refractivity contribution >= 4 is 43.1 Å². The van der Waals surface area contributed by atoms with Crippen LogP contribution < -0.4 is 24.2 Å². The van der Waals surface area contributed by atoms with E-state index < -0.39 is 31.9 Å². The van der Waals surface area contributed by atoms with Crippen molar-refractivity contribution in [3.05, 3.63) is 76.8 Å². The van der Waals surface area contributed by atoms with Crippen molar-refractivity contribution in [2.75, 3.05) is 31.0 Å². The first kappa shape index (κ1) is 29.7. The molecule has 1 unspecified atom stereocenters. The number of carbonyl (C=O) groups is 1. The highest BCUT2D eigenvalue weighted by Crippen LogP contribution is 2.31. The summed E-state index contributed by atoms with van der Waals surface area (Å²) in [6, 6.07) is 16.1. The SMILES string of the molecule is COc1ccc(CNS(=O)(=O)c2cc(NC(=O)Cc3ccccc3Cl)ccc2OC2CCS(=O)(=O)C2)c(OC)c1. The molecule has 1 amide bonds. The van der Waals surface area contributed by atoms with Crippen LogP contribution in [0.15, 0.2) is 65.6 Å². The predicted octanol–water partition coefficient (Wildman–Crippen LogP) is 3.58. The van der Waals surface area contributed by atoms with Crippen LogP contribution in [0, 0.1) is 0 Å². The number of benzene rings is 3. The summed E-state index contributed by atoms with van der Waals surface area (Å²) < 4.78 is 69.9. The molecule has 1 saturated heterocycles. The van der Waals surface area contributed by atoms with Crippen LogP contribution in [0.1, 0.15) is 17.5 Å². The fourth-order valence-corrected chi connectivity index (χ4v) is 7.15. The third-order valence-corrected chi connectivity index (χ3v) is 9.79. The van der Waals surface area contributed by atoms with Crippen molar-refractivity contribution < 1.29 is 35.8 Å². The van der Waals surface area contributed by atoms with Crippen molar-refractivity contribution in [1.82, 2.24) is 4.72 Å². The summed E-state index contributed by atoms with van der Waals surface area (Å²) in [4.78, 5) is 12.5. The molecule has 1 fully saturated rings. The van der Waals surface area contributed by atoms with Crippen molar-refractivity contribution in [3.63, 3.8) is 0 Å². The van der Waals surface area contributed by atoms with Gasteiger partial charge in [0.25, 0.3) is 0 Å². The van der Waals surface area contributed by atoms with Gasteiger partial charge >= 0.3 is 0 Å². The third-order valence-electron chi connectivity index (χ3n) is 6.26. The Bertz CT molecular complexity index is 1610. The molecule has 4 rings (SSSR count). The number of rotatable bonds is 11. The van der Waals surface area contributed by atoms with Crippen molar-refractivity contribution in [2.24, 2.45) is 0 Å². The maximum atomic E-state index is 13.5. The number of sulfonamides is 1. The highest BCUT2D eigenvalue weighted by molar-refractivity contribution is 7.91. The van der Waals surface area contributed by atoms with Crippen molar-refractivity contribution in [2.45, 2.75) is 30.4 Å². The zero-order valence-corrected chi connectivity index (χ0v) is 24.2. The molecule has 0 saturated carbocycles. The van der Waals surface area contributed by atoms with Gasteiger partial charge in [-0.1, -0.05) is 35.9 Å². The Morgan fingerprint density at radius 3 is 2.45 bits per heavy atom. The normalized spacial score (nSPS) is 16.3. The lowest BCUT2D eigenvalue weighted by atomic mass is 10.1. The van der Waals surface area contributed by atoms with E-state index in [-0.39, 0.29) is 47.2 Å². The quantitative estimate of drug-likeness (QED) is 0.337. The molecule has 0 spiro atoms. The Morgan fingerprint density at radius 1 is 1.00 bits per heavy atom. The van der Waals surface area contributed by atoms with Crippen LogP contribution in [0.5, 0.6) is 17.2 Å². The molecule has 1 aliphatic heterocycles. The molecule has 214 valence electrons. The number of sulfone groups is 1. The van der Waals surface area contributed by atoms with E-state index in [1.807, 2.05) is 0 Å². The molecule has 1 aliphatic rings. The van der Waals surface area contributed by atoms with Gasteiger partial charge in [-0.2, -0.15) is 0 Å². The summed E-state index contributed by atoms with van der Waals surface area (Å²) in [5.74, 6) is 0.301. The number of ether oxygens (including phenoxy) is 3. The first-order valence-electron chi connectivity index (χ1n) is 12.2. The lowest BCUT2D eigenvalue weighted by molar-refractivity contribution is -0.115. The number of methoxy groups -OCH3 is 2. The van der Waals surface area contributed by atoms with Gasteiger partial charge < -0.3 is 19.5 Å². The second kappa shape index (κ2) is 12.5. The molecule has 0 radical (unpaired) electrons. The minimum atomic E-state index is -4.21. The number of hydrogen-bond acceptors (Lipinski definition) is 8. The molecule has 0 bridgehead atoms. The maximum Gasteiger partial charge on any atom is 0.244 e. The fraction of sp³-hybridized carbons (Fsp3) is 0.296. The van der Waals surface area contributed by atoms with Crippen molar-refractivity contribution in [3.8, 4) is 17.2 Å². The van der Waals surface area contributed by atoms with E-state index in [0.29, 0.717) is 27.6 Å². The molecule has 40 heavy (non-hydrogen) atoms. The van der Waals surface area contributed by atoms with Crippen LogP contribution in [-0.2, 0) is 37.6 Å². The Balaban J connectivity index is 1.60. The number of anilines is 1. The summed E-state index contributed by atoms with van der Waals surface area (Å²) in [6.45, 7) is -0.115. The van der Waals surface area contributed by atoms with E-state index in [1.54, 1.807) is 42.5 Å². The van der Waals surface area contributed by atoms with Gasteiger partial charge in [-0.05, 0) is 42.3 Å². The largest absolute Gasteiger partial charge is 0.497 e. The lowest BCUT2D eigenvalue weighted by Crippen LogP contribution is -2.26. The van der Waals surface area contributed by atoms with Gasteiger partial charge in [-0.25, -0.2) is 21.6 Å². The Morgan fingerprint density at radius 2 is 1.77 bits per heavy atom. The van der Waals surface area contributed by atoms with Gasteiger partial charge in [-0.3, -0.25) is 4.79 Å². The number of hydrogen-bond donors (Lipinski definition) is 2. The summed E-state index contributed by atoms with van der Waals surface area (Å²) in [7, 11) is -4.50. The molecule has 2 N–H and O–H groups in total.